The number of esters is 1. The molecule has 2 saturated heterocycles. The van der Waals surface area contributed by atoms with Gasteiger partial charge in [0.1, 0.15) is 34.6 Å². The lowest BCUT2D eigenvalue weighted by atomic mass is 9.82. The molecule has 7 rings (SSSR count). The Bertz CT molecular complexity index is 2210. The summed E-state index contributed by atoms with van der Waals surface area (Å²) in [5.74, 6) is -4.68. The second kappa shape index (κ2) is 17.3. The van der Waals surface area contributed by atoms with Gasteiger partial charge in [-0.05, 0) is 106 Å². The number of aromatic nitrogens is 1. The highest BCUT2D eigenvalue weighted by molar-refractivity contribution is 7.91. The van der Waals surface area contributed by atoms with Crippen LogP contribution in [0.1, 0.15) is 97.1 Å². The molecule has 340 valence electrons. The van der Waals surface area contributed by atoms with Crippen LogP contribution in [0.15, 0.2) is 36.4 Å². The number of allylic oxidation sites excluding steroid dienone is 2. The fraction of sp³-hybridized carbons (Fsp3) is 0.659. The lowest BCUT2D eigenvalue weighted by molar-refractivity contribution is -0.174. The molecule has 1 unspecified atom stereocenters. The first-order valence-corrected chi connectivity index (χ1v) is 22.9. The van der Waals surface area contributed by atoms with Crippen LogP contribution in [0.25, 0.3) is 10.8 Å². The number of methoxy groups -OCH3 is 1. The third-order valence-electron chi connectivity index (χ3n) is 13.5. The molecule has 8 atom stereocenters. The van der Waals surface area contributed by atoms with Crippen LogP contribution in [0.2, 0.25) is 0 Å². The van der Waals surface area contributed by atoms with Gasteiger partial charge in [-0.25, -0.2) is 17.8 Å². The lowest BCUT2D eigenvalue weighted by Crippen LogP contribution is -2.48. The van der Waals surface area contributed by atoms with E-state index in [2.05, 4.69) is 9.71 Å². The maximum Gasteiger partial charge on any atom is 0.433 e. The maximum absolute atomic E-state index is 15.0. The van der Waals surface area contributed by atoms with E-state index in [1.807, 2.05) is 19.9 Å². The van der Waals surface area contributed by atoms with Crippen LogP contribution in [0, 0.1) is 29.1 Å². The average molecular weight is 894 g/mol. The highest BCUT2D eigenvalue weighted by atomic mass is 32.2. The van der Waals surface area contributed by atoms with Crippen molar-refractivity contribution in [2.45, 2.75) is 120 Å². The van der Waals surface area contributed by atoms with Crippen LogP contribution >= 0.6 is 0 Å². The number of pyridine rings is 1. The minimum absolute atomic E-state index is 0.0454. The summed E-state index contributed by atoms with van der Waals surface area (Å²) in [4.78, 5) is 62.7. The minimum atomic E-state index is -4.86. The Labute approximate surface area is 358 Å². The maximum atomic E-state index is 15.0. The van der Waals surface area contributed by atoms with Gasteiger partial charge < -0.3 is 23.8 Å². The molecule has 2 aliphatic carbocycles. The van der Waals surface area contributed by atoms with Crippen LogP contribution in [0.5, 0.6) is 11.6 Å². The molecule has 13 nitrogen and oxygen atoms in total. The second-order valence-corrected chi connectivity index (χ2v) is 20.5. The molecule has 62 heavy (non-hydrogen) atoms. The topological polar surface area (TPSA) is 168 Å². The third kappa shape index (κ3) is 9.46. The van der Waals surface area contributed by atoms with Crippen molar-refractivity contribution in [3.8, 4) is 11.6 Å². The SMILES string of the molecule is COc1ccc2c(O[C@@H]3C[C@H]4C(=O)C[C@]5(C(=O)NS(=O)(=O)C6(CF)CC6)C[C@H]5/C=C\CC[C@@H](C)C[C@@H](C)[C@H](CC(=O)OC5(C)CCCOC5)C(=O)N4C3)nc(C(F)(F)F)cc2c1. The quantitative estimate of drug-likeness (QED) is 0.154. The van der Waals surface area contributed by atoms with Crippen molar-refractivity contribution in [3.05, 3.63) is 42.1 Å². The van der Waals surface area contributed by atoms with Gasteiger partial charge in [-0.1, -0.05) is 26.0 Å². The number of hydrogen-bond acceptors (Lipinski definition) is 11. The number of alkyl halides is 4. The highest BCUT2D eigenvalue weighted by Gasteiger charge is 2.63. The summed E-state index contributed by atoms with van der Waals surface area (Å²) in [5, 5.41) is 0.340. The zero-order chi connectivity index (χ0) is 44.8. The zero-order valence-electron chi connectivity index (χ0n) is 35.4. The molecule has 0 spiro atoms. The van der Waals surface area contributed by atoms with Crippen molar-refractivity contribution in [1.82, 2.24) is 14.6 Å². The van der Waals surface area contributed by atoms with E-state index in [0.29, 0.717) is 44.5 Å². The summed E-state index contributed by atoms with van der Waals surface area (Å²) in [6.45, 7) is 4.92. The van der Waals surface area contributed by atoms with Crippen LogP contribution in [0.3, 0.4) is 0 Å². The molecule has 2 saturated carbocycles. The van der Waals surface area contributed by atoms with E-state index in [4.69, 9.17) is 18.9 Å². The van der Waals surface area contributed by atoms with E-state index >= 15 is 4.79 Å². The standard InChI is InChI=1S/C44H55F4N3O10S/c1-26-8-5-6-9-29-21-43(29,40(55)50-62(56,57)42(24-45)13-14-42)22-35(52)34-19-31(60-38-32-11-10-30(58-4)17-28(32)18-36(49-38)44(46,47)48)23-51(34)39(54)33(27(2)16-26)20-37(53)61-41(3)12-7-15-59-25-41/h6,9-11,17-18,26-27,29,31,33-34H,5,7-8,12-16,19-25H2,1-4H3,(H,50,55)/b9-6-/t26-,27-,29-,31-,33+,34+,41?,43-/m1/s1. The second-order valence-electron chi connectivity index (χ2n) is 18.5. The van der Waals surface area contributed by atoms with Crippen molar-refractivity contribution < 1.29 is 64.1 Å². The number of benzene rings is 1. The van der Waals surface area contributed by atoms with Gasteiger partial charge in [0.15, 0.2) is 5.78 Å². The third-order valence-corrected chi connectivity index (χ3v) is 15.6. The molecule has 1 N–H and O–H groups in total. The lowest BCUT2D eigenvalue weighted by Gasteiger charge is -2.35. The summed E-state index contributed by atoms with van der Waals surface area (Å²) >= 11 is 0. The molecule has 3 aliphatic heterocycles. The van der Waals surface area contributed by atoms with Gasteiger partial charge in [-0.15, -0.1) is 0 Å². The molecule has 2 aromatic rings. The van der Waals surface area contributed by atoms with Crippen molar-refractivity contribution in [3.63, 3.8) is 0 Å². The summed E-state index contributed by atoms with van der Waals surface area (Å²) in [6.07, 6.45) is -0.00207. The molecule has 4 fully saturated rings. The highest BCUT2D eigenvalue weighted by Crippen LogP contribution is 2.58. The van der Waals surface area contributed by atoms with Crippen LogP contribution in [-0.2, 0) is 44.9 Å². The van der Waals surface area contributed by atoms with Crippen LogP contribution < -0.4 is 14.2 Å². The van der Waals surface area contributed by atoms with Gasteiger partial charge in [0.25, 0.3) is 0 Å². The van der Waals surface area contributed by atoms with Crippen molar-refractivity contribution in [1.29, 1.82) is 0 Å². The summed E-state index contributed by atoms with van der Waals surface area (Å²) in [5.41, 5.74) is -3.66. The molecule has 1 aromatic heterocycles. The first kappa shape index (κ1) is 45.7. The van der Waals surface area contributed by atoms with Gasteiger partial charge >= 0.3 is 12.1 Å². The first-order valence-electron chi connectivity index (χ1n) is 21.4. The molecule has 4 heterocycles. The number of carbonyl (C=O) groups excluding carboxylic acids is 4. The van der Waals surface area contributed by atoms with Crippen LogP contribution in [-0.4, -0.2) is 97.9 Å². The molecule has 1 aromatic carbocycles. The Balaban J connectivity index is 1.24. The number of rotatable bonds is 10. The van der Waals surface area contributed by atoms with E-state index in [1.54, 1.807) is 13.0 Å². The van der Waals surface area contributed by atoms with E-state index in [1.165, 1.54) is 30.2 Å². The molecule has 0 radical (unpaired) electrons. The fourth-order valence-corrected chi connectivity index (χ4v) is 10.9. The number of sulfonamides is 1. The molecular formula is C44H55F4N3O10S. The van der Waals surface area contributed by atoms with Crippen LogP contribution in [0.4, 0.5) is 17.6 Å². The minimum Gasteiger partial charge on any atom is -0.497 e. The largest absolute Gasteiger partial charge is 0.497 e. The Morgan fingerprint density at radius 3 is 2.52 bits per heavy atom. The first-order chi connectivity index (χ1) is 29.2. The smallest absolute Gasteiger partial charge is 0.433 e. The number of ketones is 1. The zero-order valence-corrected chi connectivity index (χ0v) is 36.2. The predicted molar refractivity (Wildman–Crippen MR) is 217 cm³/mol. The number of halogens is 4. The van der Waals surface area contributed by atoms with Gasteiger partial charge in [0, 0.05) is 24.8 Å². The summed E-state index contributed by atoms with van der Waals surface area (Å²) in [7, 11) is -3.06. The summed E-state index contributed by atoms with van der Waals surface area (Å²) < 4.78 is 106. The number of nitrogens with one attached hydrogen (secondary N) is 1. The van der Waals surface area contributed by atoms with E-state index in [9.17, 15) is 40.4 Å². The van der Waals surface area contributed by atoms with Gasteiger partial charge in [-0.3, -0.25) is 23.9 Å². The number of Topliss-reactive ketones (excluding diaryl/α,β-unsaturated/α-hetero) is 1. The number of hydrogen-bond donors (Lipinski definition) is 1. The van der Waals surface area contributed by atoms with E-state index in [-0.39, 0.29) is 67.8 Å². The Kier molecular flexibility index (Phi) is 12.8. The Morgan fingerprint density at radius 1 is 1.10 bits per heavy atom. The number of fused-ring (bicyclic) bond motifs is 3. The number of nitrogens with zero attached hydrogens (tertiary/aromatic N) is 2. The Hall–Kier alpha value is -4.32. The van der Waals surface area contributed by atoms with Crippen molar-refractivity contribution in [2.75, 3.05) is 33.5 Å². The Morgan fingerprint density at radius 2 is 1.85 bits per heavy atom. The van der Waals surface area contributed by atoms with Crippen molar-refractivity contribution >= 4 is 44.4 Å². The molecule has 2 amide bonds. The average Bonchev–Trinajstić information content (AvgIpc) is 4.12. The number of carbonyl (C=O) groups is 4. The monoisotopic (exact) mass is 893 g/mol. The van der Waals surface area contributed by atoms with E-state index in [0.717, 1.165) is 6.07 Å². The number of ether oxygens (including phenoxy) is 4. The normalized spacial score (nSPS) is 32.1. The number of amides is 2. The van der Waals surface area contributed by atoms with E-state index < -0.39 is 104 Å². The van der Waals surface area contributed by atoms with Crippen molar-refractivity contribution in [2.24, 2.45) is 29.1 Å². The molecule has 0 bridgehead atoms. The van der Waals surface area contributed by atoms with Gasteiger partial charge in [0.2, 0.25) is 27.7 Å². The fourth-order valence-electron chi connectivity index (χ4n) is 9.45. The van der Waals surface area contributed by atoms with Gasteiger partial charge in [-0.2, -0.15) is 13.2 Å². The molecule has 18 heteroatoms. The van der Waals surface area contributed by atoms with Gasteiger partial charge in [0.05, 0.1) is 44.1 Å². The summed E-state index contributed by atoms with van der Waals surface area (Å²) in [6, 6.07) is 4.02. The molecular weight excluding hydrogens is 839 g/mol. The predicted octanol–water partition coefficient (Wildman–Crippen LogP) is 6.66. The molecule has 5 aliphatic rings.